The highest BCUT2D eigenvalue weighted by molar-refractivity contribution is 5.69. The lowest BCUT2D eigenvalue weighted by Gasteiger charge is -2.37. The monoisotopic (exact) mass is 334 g/mol. The minimum Gasteiger partial charge on any atom is -0.463 e. The van der Waals surface area contributed by atoms with Crippen molar-refractivity contribution in [1.29, 1.82) is 0 Å². The topological polar surface area (TPSA) is 116 Å². The SMILES string of the molecule is CCCCCCCCCC(=O)OC[C@H]1O[C@@H](O)[C@H](O)[C@H](O)[C@@H]1O. The zero-order chi connectivity index (χ0) is 17.2. The first kappa shape index (κ1) is 20.3. The summed E-state index contributed by atoms with van der Waals surface area (Å²) in [5.74, 6) is -0.399. The second-order valence-corrected chi connectivity index (χ2v) is 6.09. The minimum absolute atomic E-state index is 0.267. The average Bonchev–Trinajstić information content (AvgIpc) is 2.54. The molecule has 4 N–H and O–H groups in total. The molecule has 0 aliphatic carbocycles. The van der Waals surface area contributed by atoms with Gasteiger partial charge in [-0.15, -0.1) is 0 Å². The molecule has 5 atom stereocenters. The summed E-state index contributed by atoms with van der Waals surface area (Å²) in [7, 11) is 0. The van der Waals surface area contributed by atoms with Gasteiger partial charge in [-0.25, -0.2) is 0 Å². The smallest absolute Gasteiger partial charge is 0.305 e. The van der Waals surface area contributed by atoms with Crippen molar-refractivity contribution in [3.63, 3.8) is 0 Å². The minimum atomic E-state index is -1.61. The normalized spacial score (nSPS) is 31.1. The van der Waals surface area contributed by atoms with Crippen LogP contribution in [0.15, 0.2) is 0 Å². The number of rotatable bonds is 10. The molecule has 1 rings (SSSR count). The molecule has 1 aliphatic rings. The van der Waals surface area contributed by atoms with Crippen LogP contribution >= 0.6 is 0 Å². The zero-order valence-corrected chi connectivity index (χ0v) is 13.8. The van der Waals surface area contributed by atoms with E-state index in [1.165, 1.54) is 25.7 Å². The van der Waals surface area contributed by atoms with Gasteiger partial charge in [0.05, 0.1) is 0 Å². The van der Waals surface area contributed by atoms with Crippen molar-refractivity contribution in [2.24, 2.45) is 0 Å². The summed E-state index contributed by atoms with van der Waals surface area (Å²) in [5, 5.41) is 38.0. The molecule has 0 amide bonds. The first-order chi connectivity index (χ1) is 11.0. The van der Waals surface area contributed by atoms with E-state index in [1.807, 2.05) is 0 Å². The predicted octanol–water partition coefficient (Wildman–Crippen LogP) is 0.470. The molecule has 7 heteroatoms. The number of ether oxygens (including phenoxy) is 2. The fraction of sp³-hybridized carbons (Fsp3) is 0.938. The second kappa shape index (κ2) is 10.9. The van der Waals surface area contributed by atoms with Gasteiger partial charge in [-0.05, 0) is 6.42 Å². The molecule has 0 spiro atoms. The molecule has 0 aromatic carbocycles. The molecule has 1 aliphatic heterocycles. The van der Waals surface area contributed by atoms with Crippen LogP contribution in [0.5, 0.6) is 0 Å². The molecule has 1 saturated heterocycles. The van der Waals surface area contributed by atoms with Crippen molar-refractivity contribution in [3.8, 4) is 0 Å². The second-order valence-electron chi connectivity index (χ2n) is 6.09. The van der Waals surface area contributed by atoms with Crippen molar-refractivity contribution in [2.45, 2.75) is 89.0 Å². The first-order valence-corrected chi connectivity index (χ1v) is 8.50. The molecule has 0 bridgehead atoms. The molecule has 7 nitrogen and oxygen atoms in total. The van der Waals surface area contributed by atoms with Gasteiger partial charge in [-0.3, -0.25) is 4.79 Å². The Balaban J connectivity index is 2.13. The van der Waals surface area contributed by atoms with Crippen LogP contribution in [0, 0.1) is 0 Å². The lowest BCUT2D eigenvalue weighted by Crippen LogP contribution is -2.58. The summed E-state index contributed by atoms with van der Waals surface area (Å²) in [6.07, 6.45) is 0.806. The number of hydrogen-bond donors (Lipinski definition) is 4. The largest absolute Gasteiger partial charge is 0.463 e. The molecule has 0 aromatic heterocycles. The van der Waals surface area contributed by atoms with Gasteiger partial charge in [-0.1, -0.05) is 45.4 Å². The third kappa shape index (κ3) is 7.14. The number of hydrogen-bond acceptors (Lipinski definition) is 7. The van der Waals surface area contributed by atoms with E-state index < -0.39 is 36.7 Å². The van der Waals surface area contributed by atoms with Crippen LogP contribution in [0.1, 0.15) is 58.3 Å². The maximum Gasteiger partial charge on any atom is 0.305 e. The van der Waals surface area contributed by atoms with Crippen molar-refractivity contribution >= 4 is 5.97 Å². The highest BCUT2D eigenvalue weighted by atomic mass is 16.6. The molecule has 0 saturated carbocycles. The number of aliphatic hydroxyl groups is 4. The molecule has 0 aromatic rings. The van der Waals surface area contributed by atoms with Gasteiger partial charge in [-0.2, -0.15) is 0 Å². The van der Waals surface area contributed by atoms with Gasteiger partial charge < -0.3 is 29.9 Å². The van der Waals surface area contributed by atoms with Gasteiger partial charge in [0.1, 0.15) is 31.0 Å². The number of unbranched alkanes of at least 4 members (excludes halogenated alkanes) is 6. The number of aliphatic hydroxyl groups excluding tert-OH is 4. The van der Waals surface area contributed by atoms with Crippen LogP contribution in [-0.4, -0.2) is 63.7 Å². The van der Waals surface area contributed by atoms with Gasteiger partial charge in [0.2, 0.25) is 0 Å². The molecule has 1 heterocycles. The summed E-state index contributed by atoms with van der Waals surface area (Å²) in [6.45, 7) is 1.90. The van der Waals surface area contributed by atoms with Gasteiger partial charge >= 0.3 is 5.97 Å². The fourth-order valence-corrected chi connectivity index (χ4v) is 2.54. The Morgan fingerprint density at radius 2 is 1.52 bits per heavy atom. The first-order valence-electron chi connectivity index (χ1n) is 8.50. The van der Waals surface area contributed by atoms with Gasteiger partial charge in [0, 0.05) is 6.42 Å². The molecule has 0 unspecified atom stereocenters. The maximum atomic E-state index is 11.6. The Bertz CT molecular complexity index is 336. The van der Waals surface area contributed by atoms with Crippen LogP contribution in [-0.2, 0) is 14.3 Å². The Labute approximate surface area is 137 Å². The van der Waals surface area contributed by atoms with Crippen LogP contribution in [0.2, 0.25) is 0 Å². The summed E-state index contributed by atoms with van der Waals surface area (Å²) >= 11 is 0. The summed E-state index contributed by atoms with van der Waals surface area (Å²) in [6, 6.07) is 0. The highest BCUT2D eigenvalue weighted by Crippen LogP contribution is 2.20. The third-order valence-electron chi connectivity index (χ3n) is 4.08. The van der Waals surface area contributed by atoms with E-state index in [-0.39, 0.29) is 6.61 Å². The number of esters is 1. The van der Waals surface area contributed by atoms with Crippen LogP contribution < -0.4 is 0 Å². The standard InChI is InChI=1S/C16H30O7/c1-2-3-4-5-6-7-8-9-12(17)22-10-11-13(18)14(19)15(20)16(21)23-11/h11,13-16,18-21H,2-10H2,1H3/t11-,13-,14-,15-,16-/m1/s1. The predicted molar refractivity (Wildman–Crippen MR) is 82.5 cm³/mol. The van der Waals surface area contributed by atoms with Crippen molar-refractivity contribution in [2.75, 3.05) is 6.61 Å². The molecule has 23 heavy (non-hydrogen) atoms. The van der Waals surface area contributed by atoms with Crippen LogP contribution in [0.4, 0.5) is 0 Å². The van der Waals surface area contributed by atoms with E-state index in [4.69, 9.17) is 9.47 Å². The quantitative estimate of drug-likeness (QED) is 0.339. The van der Waals surface area contributed by atoms with Gasteiger partial charge in [0.25, 0.3) is 0 Å². The molecular formula is C16H30O7. The Morgan fingerprint density at radius 1 is 0.913 bits per heavy atom. The van der Waals surface area contributed by atoms with E-state index in [1.54, 1.807) is 0 Å². The summed E-state index contributed by atoms with van der Waals surface area (Å²) < 4.78 is 9.93. The maximum absolute atomic E-state index is 11.6. The molecule has 0 radical (unpaired) electrons. The van der Waals surface area contributed by atoms with E-state index in [0.29, 0.717) is 6.42 Å². The molecular weight excluding hydrogens is 304 g/mol. The van der Waals surface area contributed by atoms with Crippen LogP contribution in [0.3, 0.4) is 0 Å². The van der Waals surface area contributed by atoms with Crippen molar-refractivity contribution in [1.82, 2.24) is 0 Å². The average molecular weight is 334 g/mol. The van der Waals surface area contributed by atoms with Crippen molar-refractivity contribution < 1.29 is 34.7 Å². The van der Waals surface area contributed by atoms with E-state index in [0.717, 1.165) is 19.3 Å². The molecule has 1 fully saturated rings. The van der Waals surface area contributed by atoms with Crippen molar-refractivity contribution in [3.05, 3.63) is 0 Å². The Kier molecular flexibility index (Phi) is 9.66. The number of carbonyl (C=O) groups is 1. The van der Waals surface area contributed by atoms with Crippen LogP contribution in [0.25, 0.3) is 0 Å². The molecule has 136 valence electrons. The Morgan fingerprint density at radius 3 is 2.17 bits per heavy atom. The number of carbonyl (C=O) groups excluding carboxylic acids is 1. The van der Waals surface area contributed by atoms with E-state index in [9.17, 15) is 25.2 Å². The summed E-state index contributed by atoms with van der Waals surface area (Å²) in [4.78, 5) is 11.6. The zero-order valence-electron chi connectivity index (χ0n) is 13.8. The van der Waals surface area contributed by atoms with E-state index >= 15 is 0 Å². The summed E-state index contributed by atoms with van der Waals surface area (Å²) in [5.41, 5.74) is 0. The lowest BCUT2D eigenvalue weighted by atomic mass is 9.99. The van der Waals surface area contributed by atoms with Gasteiger partial charge in [0.15, 0.2) is 6.29 Å². The lowest BCUT2D eigenvalue weighted by molar-refractivity contribution is -0.287. The Hall–Kier alpha value is -0.730. The highest BCUT2D eigenvalue weighted by Gasteiger charge is 2.43. The fourth-order valence-electron chi connectivity index (χ4n) is 2.54. The third-order valence-corrected chi connectivity index (χ3v) is 4.08. The van der Waals surface area contributed by atoms with E-state index in [2.05, 4.69) is 6.92 Å².